The number of guanidine groups is 1. The van der Waals surface area contributed by atoms with Crippen molar-refractivity contribution < 1.29 is 13.9 Å². The molecule has 0 saturated carbocycles. The van der Waals surface area contributed by atoms with Crippen LogP contribution in [0.4, 0.5) is 0 Å². The van der Waals surface area contributed by atoms with Gasteiger partial charge in [-0.25, -0.2) is 0 Å². The Morgan fingerprint density at radius 1 is 1.29 bits per heavy atom. The average molecular weight is 393 g/mol. The minimum absolute atomic E-state index is 0.249. The summed E-state index contributed by atoms with van der Waals surface area (Å²) in [6.07, 6.45) is 7.50. The Bertz CT molecular complexity index is 552. The second-order valence-corrected chi connectivity index (χ2v) is 7.64. The van der Waals surface area contributed by atoms with Crippen LogP contribution in [0.25, 0.3) is 0 Å². The zero-order valence-corrected chi connectivity index (χ0v) is 17.2. The fraction of sp³-hybridized carbons (Fsp3) is 0.762. The number of rotatable bonds is 10. The first-order chi connectivity index (χ1) is 13.9. The first-order valence-corrected chi connectivity index (χ1v) is 10.7. The SMILES string of the molecule is CN=C(NCCCOCC1CCOCC1)NCC(c1ccco1)N1CCCC1. The van der Waals surface area contributed by atoms with Crippen LogP contribution in [-0.2, 0) is 9.47 Å². The molecule has 0 amide bonds. The number of aliphatic imine (C=N–C) groups is 1. The van der Waals surface area contributed by atoms with E-state index in [0.717, 1.165) is 83.6 Å². The van der Waals surface area contributed by atoms with Crippen molar-refractivity contribution in [2.75, 3.05) is 59.7 Å². The molecule has 1 atom stereocenters. The van der Waals surface area contributed by atoms with E-state index in [9.17, 15) is 0 Å². The summed E-state index contributed by atoms with van der Waals surface area (Å²) < 4.78 is 16.9. The molecule has 7 nitrogen and oxygen atoms in total. The van der Waals surface area contributed by atoms with Gasteiger partial charge < -0.3 is 24.5 Å². The summed E-state index contributed by atoms with van der Waals surface area (Å²) in [5.41, 5.74) is 0. The van der Waals surface area contributed by atoms with Crippen LogP contribution in [0.3, 0.4) is 0 Å². The third kappa shape index (κ3) is 6.79. The second-order valence-electron chi connectivity index (χ2n) is 7.64. The van der Waals surface area contributed by atoms with Crippen LogP contribution in [0.5, 0.6) is 0 Å². The molecule has 1 aromatic heterocycles. The van der Waals surface area contributed by atoms with Gasteiger partial charge in [0.1, 0.15) is 5.76 Å². The zero-order valence-electron chi connectivity index (χ0n) is 17.2. The summed E-state index contributed by atoms with van der Waals surface area (Å²) >= 11 is 0. The first kappa shape index (κ1) is 21.1. The van der Waals surface area contributed by atoms with Crippen molar-refractivity contribution >= 4 is 5.96 Å². The molecule has 28 heavy (non-hydrogen) atoms. The Morgan fingerprint density at radius 3 is 2.82 bits per heavy atom. The zero-order chi connectivity index (χ0) is 19.4. The molecule has 3 rings (SSSR count). The number of nitrogens with zero attached hydrogens (tertiary/aromatic N) is 2. The molecule has 158 valence electrons. The fourth-order valence-electron chi connectivity index (χ4n) is 3.90. The molecule has 2 N–H and O–H groups in total. The molecular weight excluding hydrogens is 356 g/mol. The molecule has 0 aromatic carbocycles. The van der Waals surface area contributed by atoms with Crippen LogP contribution < -0.4 is 10.6 Å². The van der Waals surface area contributed by atoms with Gasteiger partial charge in [-0.3, -0.25) is 9.89 Å². The van der Waals surface area contributed by atoms with Crippen LogP contribution in [0, 0.1) is 5.92 Å². The number of ether oxygens (including phenoxy) is 2. The lowest BCUT2D eigenvalue weighted by Gasteiger charge is -2.26. The van der Waals surface area contributed by atoms with E-state index in [1.165, 1.54) is 12.8 Å². The van der Waals surface area contributed by atoms with E-state index >= 15 is 0 Å². The van der Waals surface area contributed by atoms with Gasteiger partial charge in [0.05, 0.1) is 12.3 Å². The molecule has 7 heteroatoms. The van der Waals surface area contributed by atoms with Crippen LogP contribution in [0.1, 0.15) is 43.9 Å². The maximum atomic E-state index is 5.83. The maximum Gasteiger partial charge on any atom is 0.191 e. The predicted octanol–water partition coefficient (Wildman–Crippen LogP) is 2.41. The normalized spacial score (nSPS) is 20.4. The lowest BCUT2D eigenvalue weighted by Crippen LogP contribution is -2.43. The van der Waals surface area contributed by atoms with Gasteiger partial charge in [0, 0.05) is 46.6 Å². The van der Waals surface area contributed by atoms with E-state index in [4.69, 9.17) is 13.9 Å². The molecule has 0 aliphatic carbocycles. The Kier molecular flexibility index (Phi) is 9.13. The van der Waals surface area contributed by atoms with Gasteiger partial charge in [-0.05, 0) is 63.2 Å². The molecule has 1 aromatic rings. The largest absolute Gasteiger partial charge is 0.468 e. The van der Waals surface area contributed by atoms with Crippen LogP contribution in [0.2, 0.25) is 0 Å². The van der Waals surface area contributed by atoms with Crippen molar-refractivity contribution in [3.05, 3.63) is 24.2 Å². The molecular formula is C21H36N4O3. The molecule has 0 spiro atoms. The van der Waals surface area contributed by atoms with Gasteiger partial charge in [-0.2, -0.15) is 0 Å². The van der Waals surface area contributed by atoms with Gasteiger partial charge in [0.25, 0.3) is 0 Å². The van der Waals surface area contributed by atoms with Crippen LogP contribution in [-0.4, -0.2) is 70.5 Å². The van der Waals surface area contributed by atoms with Gasteiger partial charge >= 0.3 is 0 Å². The van der Waals surface area contributed by atoms with Gasteiger partial charge in [-0.1, -0.05) is 0 Å². The Morgan fingerprint density at radius 2 is 2.11 bits per heavy atom. The standard InChI is InChI=1S/C21H36N4O3/c1-22-21(23-9-5-12-27-17-18-7-14-26-15-8-18)24-16-19(20-6-4-13-28-20)25-10-2-3-11-25/h4,6,13,18-19H,2-3,5,7-12,14-17H2,1H3,(H2,22,23,24). The highest BCUT2D eigenvalue weighted by Gasteiger charge is 2.25. The summed E-state index contributed by atoms with van der Waals surface area (Å²) in [5, 5.41) is 6.85. The summed E-state index contributed by atoms with van der Waals surface area (Å²) in [6, 6.07) is 4.28. The smallest absolute Gasteiger partial charge is 0.191 e. The minimum atomic E-state index is 0.249. The van der Waals surface area contributed by atoms with Crippen LogP contribution >= 0.6 is 0 Å². The molecule has 2 aliphatic heterocycles. The molecule has 2 aliphatic rings. The molecule has 0 radical (unpaired) electrons. The Hall–Kier alpha value is -1.57. The van der Waals surface area contributed by atoms with E-state index in [0.29, 0.717) is 5.92 Å². The van der Waals surface area contributed by atoms with Crippen molar-refractivity contribution in [2.45, 2.75) is 38.1 Å². The second kappa shape index (κ2) is 12.1. The van der Waals surface area contributed by atoms with E-state index in [1.807, 2.05) is 13.1 Å². The van der Waals surface area contributed by atoms with Crippen molar-refractivity contribution in [3.8, 4) is 0 Å². The molecule has 1 unspecified atom stereocenters. The lowest BCUT2D eigenvalue weighted by atomic mass is 10.0. The Balaban J connectivity index is 1.32. The van der Waals surface area contributed by atoms with E-state index in [1.54, 1.807) is 6.26 Å². The van der Waals surface area contributed by atoms with Crippen molar-refractivity contribution in [1.29, 1.82) is 0 Å². The summed E-state index contributed by atoms with van der Waals surface area (Å²) in [4.78, 5) is 6.84. The lowest BCUT2D eigenvalue weighted by molar-refractivity contribution is 0.0203. The quantitative estimate of drug-likeness (QED) is 0.362. The van der Waals surface area contributed by atoms with Crippen LogP contribution in [0.15, 0.2) is 27.8 Å². The van der Waals surface area contributed by atoms with Crippen molar-refractivity contribution in [3.63, 3.8) is 0 Å². The highest BCUT2D eigenvalue weighted by Crippen LogP contribution is 2.24. The number of nitrogens with one attached hydrogen (secondary N) is 2. The molecule has 3 heterocycles. The number of likely N-dealkylation sites (tertiary alicyclic amines) is 1. The minimum Gasteiger partial charge on any atom is -0.468 e. The van der Waals surface area contributed by atoms with Crippen molar-refractivity contribution in [2.24, 2.45) is 10.9 Å². The topological polar surface area (TPSA) is 71.3 Å². The monoisotopic (exact) mass is 392 g/mol. The van der Waals surface area contributed by atoms with E-state index in [2.05, 4.69) is 26.6 Å². The summed E-state index contributed by atoms with van der Waals surface area (Å²) in [5.74, 6) is 2.52. The van der Waals surface area contributed by atoms with E-state index in [-0.39, 0.29) is 6.04 Å². The third-order valence-electron chi connectivity index (χ3n) is 5.59. The highest BCUT2D eigenvalue weighted by atomic mass is 16.5. The third-order valence-corrected chi connectivity index (χ3v) is 5.59. The number of hydrogen-bond donors (Lipinski definition) is 2. The summed E-state index contributed by atoms with van der Waals surface area (Å²) in [6.45, 7) is 7.30. The first-order valence-electron chi connectivity index (χ1n) is 10.7. The molecule has 2 saturated heterocycles. The molecule has 2 fully saturated rings. The Labute approximate surface area is 168 Å². The number of furan rings is 1. The van der Waals surface area contributed by atoms with Gasteiger partial charge in [0.2, 0.25) is 0 Å². The molecule has 0 bridgehead atoms. The number of hydrogen-bond acceptors (Lipinski definition) is 5. The maximum absolute atomic E-state index is 5.83. The average Bonchev–Trinajstić information content (AvgIpc) is 3.45. The highest BCUT2D eigenvalue weighted by molar-refractivity contribution is 5.79. The predicted molar refractivity (Wildman–Crippen MR) is 111 cm³/mol. The summed E-state index contributed by atoms with van der Waals surface area (Å²) in [7, 11) is 1.81. The van der Waals surface area contributed by atoms with Gasteiger partial charge in [0.15, 0.2) is 5.96 Å². The van der Waals surface area contributed by atoms with Gasteiger partial charge in [-0.15, -0.1) is 0 Å². The fourth-order valence-corrected chi connectivity index (χ4v) is 3.90. The van der Waals surface area contributed by atoms with Crippen molar-refractivity contribution in [1.82, 2.24) is 15.5 Å². The van der Waals surface area contributed by atoms with E-state index < -0.39 is 0 Å².